The summed E-state index contributed by atoms with van der Waals surface area (Å²) in [5, 5.41) is 52.3. The highest BCUT2D eigenvalue weighted by atomic mass is 16.8. The van der Waals surface area contributed by atoms with Crippen LogP contribution in [0.25, 0.3) is 0 Å². The van der Waals surface area contributed by atoms with Crippen LogP contribution in [0.4, 0.5) is 0 Å². The average molecular weight is 747 g/mol. The molecule has 10 heteroatoms. The molecule has 0 bridgehead atoms. The van der Waals surface area contributed by atoms with Crippen molar-refractivity contribution in [3.05, 3.63) is 11.6 Å². The fourth-order valence-corrected chi connectivity index (χ4v) is 13.7. The van der Waals surface area contributed by atoms with E-state index in [1.165, 1.54) is 0 Å². The molecular weight excluding hydrogens is 676 g/mol. The predicted octanol–water partition coefficient (Wildman–Crippen LogP) is 5.30. The maximum atomic E-state index is 13.5. The number of ether oxygens (including phenoxy) is 4. The Bertz CT molecular complexity index is 1410. The van der Waals surface area contributed by atoms with E-state index in [-0.39, 0.29) is 39.1 Å². The van der Waals surface area contributed by atoms with Gasteiger partial charge in [-0.25, -0.2) is 0 Å². The number of carbonyl (C=O) groups is 1. The molecule has 0 amide bonds. The number of hydrogen-bond donors (Lipinski definition) is 5. The van der Waals surface area contributed by atoms with Crippen molar-refractivity contribution in [3.8, 4) is 0 Å². The van der Waals surface area contributed by atoms with Crippen molar-refractivity contribution in [2.24, 2.45) is 56.7 Å². The summed E-state index contributed by atoms with van der Waals surface area (Å²) in [5.41, 5.74) is 1.96. The summed E-state index contributed by atoms with van der Waals surface area (Å²) in [6, 6.07) is 0. The Morgan fingerprint density at radius 1 is 0.811 bits per heavy atom. The van der Waals surface area contributed by atoms with Crippen LogP contribution in [-0.2, 0) is 23.7 Å². The van der Waals surface area contributed by atoms with E-state index in [2.05, 4.69) is 47.6 Å². The van der Waals surface area contributed by atoms with Crippen molar-refractivity contribution in [1.82, 2.24) is 0 Å². The molecule has 0 radical (unpaired) electrons. The Balaban J connectivity index is 1.11. The van der Waals surface area contributed by atoms with Crippen LogP contribution in [0.2, 0.25) is 0 Å². The van der Waals surface area contributed by atoms with E-state index < -0.39 is 67.8 Å². The van der Waals surface area contributed by atoms with Crippen LogP contribution in [0.3, 0.4) is 0 Å². The third-order valence-electron chi connectivity index (χ3n) is 17.5. The van der Waals surface area contributed by atoms with E-state index >= 15 is 0 Å². The fourth-order valence-electron chi connectivity index (χ4n) is 13.7. The molecule has 7 aliphatic rings. The summed E-state index contributed by atoms with van der Waals surface area (Å²) >= 11 is 0. The molecule has 2 saturated heterocycles. The standard InChI is InChI=1S/C43H70O10/c1-22-26-12-15-42(9)31(11-10-27-28-20-39(5,6)16-18-43(28,25(4)45)19-17-41(27,42)8)40(26,7)14-13-29(22)51-38-36(23(2)32(46)24(3)50-38)53-37-35(49)34(48)33(47)30(21-44)52-37/h10,22-24,26,28-38,44,46-49H,11-21H2,1-9H3/t22?,23-,24?,26-,28?,29-,30?,31?,32-,33-,34-,35?,36?,37-,38-,40?,41+,42?,43+/m0/s1. The number of Topliss-reactive ketones (excluding diaryl/α,β-unsaturated/α-hetero) is 1. The molecule has 4 saturated carbocycles. The summed E-state index contributed by atoms with van der Waals surface area (Å²) in [5.74, 6) is 1.49. The van der Waals surface area contributed by atoms with Gasteiger partial charge in [0.15, 0.2) is 12.6 Å². The Morgan fingerprint density at radius 3 is 2.19 bits per heavy atom. The largest absolute Gasteiger partial charge is 0.394 e. The molecular formula is C43H70O10. The normalized spacial score (nSPS) is 55.1. The number of aliphatic hydroxyl groups excluding tert-OH is 5. The Morgan fingerprint density at radius 2 is 1.51 bits per heavy atom. The van der Waals surface area contributed by atoms with Crippen molar-refractivity contribution < 1.29 is 49.3 Å². The monoisotopic (exact) mass is 746 g/mol. The lowest BCUT2D eigenvalue weighted by atomic mass is 9.34. The Kier molecular flexibility index (Phi) is 10.5. The van der Waals surface area contributed by atoms with Crippen LogP contribution in [0.1, 0.15) is 127 Å². The molecule has 9 unspecified atom stereocenters. The molecule has 5 N–H and O–H groups in total. The number of allylic oxidation sites excluding steroid dienone is 2. The molecule has 0 aromatic rings. The van der Waals surface area contributed by atoms with Gasteiger partial charge in [-0.1, -0.05) is 60.1 Å². The van der Waals surface area contributed by atoms with Gasteiger partial charge in [0, 0.05) is 11.3 Å². The fraction of sp³-hybridized carbons (Fsp3) is 0.930. The SMILES string of the molecule is CC(=O)[C@]12CCC(C)(C)CC1C1=CCC3C4(C)CC[C@H](O[C@@H]5OC(C)[C@@H](O)[C@H](C)C5O[C@@H]5OC(CO)[C@H](O)[C@H](O)C5O)C(C)[C@@H]4CCC3(C)[C@]1(C)CC2. The molecule has 19 atom stereocenters. The van der Waals surface area contributed by atoms with Gasteiger partial charge in [-0.2, -0.15) is 0 Å². The smallest absolute Gasteiger partial charge is 0.187 e. The lowest BCUT2D eigenvalue weighted by Gasteiger charge is -2.70. The molecule has 53 heavy (non-hydrogen) atoms. The summed E-state index contributed by atoms with van der Waals surface area (Å²) in [4.78, 5) is 13.5. The van der Waals surface area contributed by atoms with Gasteiger partial charge in [-0.3, -0.25) is 4.79 Å². The number of ketones is 1. The van der Waals surface area contributed by atoms with E-state index in [1.54, 1.807) is 5.57 Å². The molecule has 7 rings (SSSR count). The number of aliphatic hydroxyl groups is 5. The van der Waals surface area contributed by atoms with E-state index in [0.717, 1.165) is 64.2 Å². The second-order valence-corrected chi connectivity index (χ2v) is 20.4. The van der Waals surface area contributed by atoms with Crippen molar-refractivity contribution >= 4 is 5.78 Å². The average Bonchev–Trinajstić information content (AvgIpc) is 3.10. The first-order valence-electron chi connectivity index (χ1n) is 20.9. The molecule has 10 nitrogen and oxygen atoms in total. The maximum absolute atomic E-state index is 13.5. The quantitative estimate of drug-likeness (QED) is 0.179. The first-order chi connectivity index (χ1) is 24.7. The van der Waals surface area contributed by atoms with Gasteiger partial charge in [0.1, 0.15) is 36.3 Å². The molecule has 0 aromatic heterocycles. The summed E-state index contributed by atoms with van der Waals surface area (Å²) in [6.45, 7) is 19.8. The van der Waals surface area contributed by atoms with Crippen LogP contribution in [0, 0.1) is 56.7 Å². The molecule has 302 valence electrons. The number of fused-ring (bicyclic) bond motifs is 7. The highest BCUT2D eigenvalue weighted by molar-refractivity contribution is 5.84. The Hall–Kier alpha value is -0.950. The van der Waals surface area contributed by atoms with Gasteiger partial charge < -0.3 is 44.5 Å². The second kappa shape index (κ2) is 13.9. The first kappa shape index (κ1) is 40.3. The van der Waals surface area contributed by atoms with Gasteiger partial charge in [0.05, 0.1) is 24.9 Å². The lowest BCUT2D eigenvalue weighted by Crippen LogP contribution is -2.64. The third kappa shape index (κ3) is 6.09. The topological polar surface area (TPSA) is 155 Å². The van der Waals surface area contributed by atoms with Gasteiger partial charge >= 0.3 is 0 Å². The summed E-state index contributed by atoms with van der Waals surface area (Å²) in [7, 11) is 0. The third-order valence-corrected chi connectivity index (χ3v) is 17.5. The van der Waals surface area contributed by atoms with Gasteiger partial charge in [0.2, 0.25) is 0 Å². The minimum atomic E-state index is -1.57. The minimum Gasteiger partial charge on any atom is -0.394 e. The first-order valence-corrected chi connectivity index (χ1v) is 20.9. The van der Waals surface area contributed by atoms with Crippen LogP contribution in [0.5, 0.6) is 0 Å². The number of hydrogen-bond acceptors (Lipinski definition) is 10. The maximum Gasteiger partial charge on any atom is 0.187 e. The molecule has 2 aliphatic heterocycles. The zero-order valence-corrected chi connectivity index (χ0v) is 33.8. The van der Waals surface area contributed by atoms with Crippen molar-refractivity contribution in [1.29, 1.82) is 0 Å². The van der Waals surface area contributed by atoms with Crippen molar-refractivity contribution in [2.75, 3.05) is 6.61 Å². The zero-order chi connectivity index (χ0) is 38.6. The zero-order valence-electron chi connectivity index (χ0n) is 33.8. The molecule has 2 heterocycles. The lowest BCUT2D eigenvalue weighted by molar-refractivity contribution is -0.366. The van der Waals surface area contributed by atoms with E-state index in [4.69, 9.17) is 18.9 Å². The molecule has 6 fully saturated rings. The highest BCUT2D eigenvalue weighted by Gasteiger charge is 2.68. The molecule has 0 spiro atoms. The van der Waals surface area contributed by atoms with Crippen LogP contribution < -0.4 is 0 Å². The predicted molar refractivity (Wildman–Crippen MR) is 198 cm³/mol. The minimum absolute atomic E-state index is 0.0650. The number of rotatable bonds is 6. The van der Waals surface area contributed by atoms with Gasteiger partial charge in [-0.15, -0.1) is 0 Å². The van der Waals surface area contributed by atoms with Crippen molar-refractivity contribution in [2.45, 2.75) is 188 Å². The van der Waals surface area contributed by atoms with Crippen LogP contribution in [0.15, 0.2) is 11.6 Å². The van der Waals surface area contributed by atoms with Crippen molar-refractivity contribution in [3.63, 3.8) is 0 Å². The van der Waals surface area contributed by atoms with Crippen LogP contribution >= 0.6 is 0 Å². The van der Waals surface area contributed by atoms with E-state index in [1.807, 2.05) is 20.8 Å². The van der Waals surface area contributed by atoms with Gasteiger partial charge in [-0.05, 0) is 123 Å². The Labute approximate surface area is 317 Å². The second-order valence-electron chi connectivity index (χ2n) is 20.4. The van der Waals surface area contributed by atoms with E-state index in [9.17, 15) is 30.3 Å². The van der Waals surface area contributed by atoms with Gasteiger partial charge in [0.25, 0.3) is 0 Å². The van der Waals surface area contributed by atoms with E-state index in [0.29, 0.717) is 23.5 Å². The highest BCUT2D eigenvalue weighted by Crippen LogP contribution is 2.75. The summed E-state index contributed by atoms with van der Waals surface area (Å²) in [6.07, 6.45) is 2.87. The van der Waals surface area contributed by atoms with Crippen LogP contribution in [-0.4, -0.2) is 99.3 Å². The summed E-state index contributed by atoms with van der Waals surface area (Å²) < 4.78 is 25.2. The molecule has 0 aromatic carbocycles. The number of carbonyl (C=O) groups excluding carboxylic acids is 1. The molecule has 5 aliphatic carbocycles.